The molecule has 0 N–H and O–H groups in total. The highest BCUT2D eigenvalue weighted by Crippen LogP contribution is 2.27. The van der Waals surface area contributed by atoms with Crippen molar-refractivity contribution >= 4 is 49.9 Å². The first-order valence-corrected chi connectivity index (χ1v) is 7.99. The zero-order valence-electron chi connectivity index (χ0n) is 10.2. The van der Waals surface area contributed by atoms with Gasteiger partial charge in [-0.25, -0.2) is 9.97 Å². The van der Waals surface area contributed by atoms with Crippen LogP contribution in [-0.2, 0) is 6.54 Å². The number of rotatable bonds is 3. The van der Waals surface area contributed by atoms with E-state index in [2.05, 4.69) is 36.5 Å². The van der Waals surface area contributed by atoms with Gasteiger partial charge in [0.25, 0.3) is 0 Å². The monoisotopic (exact) mass is 355 g/mol. The molecule has 0 amide bonds. The molecule has 0 saturated carbocycles. The first kappa shape index (κ1) is 13.1. The van der Waals surface area contributed by atoms with E-state index in [0.717, 1.165) is 27.0 Å². The maximum atomic E-state index is 6.25. The Bertz CT molecular complexity index is 706. The van der Waals surface area contributed by atoms with E-state index in [9.17, 15) is 0 Å². The van der Waals surface area contributed by atoms with Gasteiger partial charge in [-0.3, -0.25) is 0 Å². The number of fused-ring (bicyclic) bond motifs is 1. The fourth-order valence-electron chi connectivity index (χ4n) is 2.06. The quantitative estimate of drug-likeness (QED) is 0.642. The Morgan fingerprint density at radius 2 is 2.32 bits per heavy atom. The van der Waals surface area contributed by atoms with Crippen LogP contribution >= 0.6 is 38.9 Å². The second kappa shape index (κ2) is 5.23. The van der Waals surface area contributed by atoms with Gasteiger partial charge >= 0.3 is 0 Å². The van der Waals surface area contributed by atoms with Crippen molar-refractivity contribution < 1.29 is 0 Å². The first-order chi connectivity index (χ1) is 9.15. The van der Waals surface area contributed by atoms with Crippen molar-refractivity contribution in [2.45, 2.75) is 18.8 Å². The minimum atomic E-state index is -0.134. The van der Waals surface area contributed by atoms with Gasteiger partial charge in [0, 0.05) is 9.85 Å². The Morgan fingerprint density at radius 1 is 1.47 bits per heavy atom. The van der Waals surface area contributed by atoms with Crippen LogP contribution in [0.25, 0.3) is 11.0 Å². The van der Waals surface area contributed by atoms with Gasteiger partial charge in [-0.2, -0.15) is 0 Å². The van der Waals surface area contributed by atoms with E-state index in [1.165, 1.54) is 0 Å². The van der Waals surface area contributed by atoms with Crippen LogP contribution in [-0.4, -0.2) is 14.5 Å². The molecule has 0 fully saturated rings. The fourth-order valence-corrected chi connectivity index (χ4v) is 3.13. The van der Waals surface area contributed by atoms with Crippen LogP contribution in [0.15, 0.2) is 33.6 Å². The lowest BCUT2D eigenvalue weighted by Crippen LogP contribution is -2.06. The maximum Gasteiger partial charge on any atom is 0.128 e. The zero-order valence-corrected chi connectivity index (χ0v) is 13.3. The molecule has 2 aromatic heterocycles. The van der Waals surface area contributed by atoms with Crippen molar-refractivity contribution in [3.63, 3.8) is 0 Å². The van der Waals surface area contributed by atoms with E-state index in [-0.39, 0.29) is 5.38 Å². The molecule has 1 aromatic carbocycles. The van der Waals surface area contributed by atoms with Crippen LogP contribution in [0.5, 0.6) is 0 Å². The number of alkyl halides is 1. The van der Waals surface area contributed by atoms with Crippen molar-refractivity contribution in [2.75, 3.05) is 0 Å². The lowest BCUT2D eigenvalue weighted by atomic mass is 10.3. The second-order valence-corrected chi connectivity index (χ2v) is 6.57. The van der Waals surface area contributed by atoms with Crippen molar-refractivity contribution in [3.8, 4) is 0 Å². The molecular formula is C13H11BrClN3S. The lowest BCUT2D eigenvalue weighted by molar-refractivity contribution is 0.731. The van der Waals surface area contributed by atoms with Gasteiger partial charge in [0.05, 0.1) is 34.2 Å². The fraction of sp³-hybridized carbons (Fsp3) is 0.231. The minimum absolute atomic E-state index is 0.134. The number of nitrogens with zero attached hydrogens (tertiary/aromatic N) is 3. The Hall–Kier alpha value is -0.910. The van der Waals surface area contributed by atoms with E-state index >= 15 is 0 Å². The van der Waals surface area contributed by atoms with Gasteiger partial charge in [-0.15, -0.1) is 22.9 Å². The number of benzene rings is 1. The predicted molar refractivity (Wildman–Crippen MR) is 82.9 cm³/mol. The molecule has 0 spiro atoms. The third-order valence-electron chi connectivity index (χ3n) is 2.90. The minimum Gasteiger partial charge on any atom is -0.321 e. The summed E-state index contributed by atoms with van der Waals surface area (Å²) in [6.07, 6.45) is 0. The van der Waals surface area contributed by atoms with Crippen molar-refractivity contribution in [1.29, 1.82) is 0 Å². The van der Waals surface area contributed by atoms with Gasteiger partial charge < -0.3 is 4.57 Å². The van der Waals surface area contributed by atoms with Crippen molar-refractivity contribution in [1.82, 2.24) is 14.5 Å². The molecule has 6 heteroatoms. The Labute approximate surface area is 128 Å². The van der Waals surface area contributed by atoms with E-state index in [1.807, 2.05) is 29.9 Å². The molecule has 0 bridgehead atoms. The molecule has 0 aliphatic rings. The third kappa shape index (κ3) is 2.55. The smallest absolute Gasteiger partial charge is 0.128 e. The predicted octanol–water partition coefficient (Wildman–Crippen LogP) is 4.60. The van der Waals surface area contributed by atoms with Crippen molar-refractivity contribution in [2.24, 2.45) is 0 Å². The Kier molecular flexibility index (Phi) is 3.60. The average Bonchev–Trinajstić information content (AvgIpc) is 2.98. The normalized spacial score (nSPS) is 13.0. The highest BCUT2D eigenvalue weighted by atomic mass is 79.9. The molecule has 0 aliphatic heterocycles. The van der Waals surface area contributed by atoms with Gasteiger partial charge in [-0.05, 0) is 25.1 Å². The molecule has 1 atom stereocenters. The average molecular weight is 357 g/mol. The summed E-state index contributed by atoms with van der Waals surface area (Å²) in [6, 6.07) is 6.06. The van der Waals surface area contributed by atoms with Crippen LogP contribution in [0, 0.1) is 0 Å². The van der Waals surface area contributed by atoms with E-state index < -0.39 is 0 Å². The van der Waals surface area contributed by atoms with Crippen LogP contribution in [0.4, 0.5) is 0 Å². The third-order valence-corrected chi connectivity index (χ3v) is 4.22. The molecule has 1 unspecified atom stereocenters. The summed E-state index contributed by atoms with van der Waals surface area (Å²) in [6.45, 7) is 2.64. The molecule has 98 valence electrons. The standard InChI is InChI=1S/C13H11BrClN3S/c1-8(15)13-17-11-3-2-9(14)4-12(11)18(13)5-10-6-19-7-16-10/h2-4,6-8H,5H2,1H3. The molecule has 0 saturated heterocycles. The van der Waals surface area contributed by atoms with E-state index in [4.69, 9.17) is 11.6 Å². The summed E-state index contributed by atoms with van der Waals surface area (Å²) >= 11 is 11.3. The van der Waals surface area contributed by atoms with Gasteiger partial charge in [0.15, 0.2) is 0 Å². The molecule has 3 rings (SSSR count). The highest BCUT2D eigenvalue weighted by molar-refractivity contribution is 9.10. The number of hydrogen-bond acceptors (Lipinski definition) is 3. The van der Waals surface area contributed by atoms with Gasteiger partial charge in [0.1, 0.15) is 5.82 Å². The summed E-state index contributed by atoms with van der Waals surface area (Å²) < 4.78 is 3.17. The van der Waals surface area contributed by atoms with E-state index in [1.54, 1.807) is 11.3 Å². The Morgan fingerprint density at radius 3 is 3.00 bits per heavy atom. The van der Waals surface area contributed by atoms with Gasteiger partial charge in [0.2, 0.25) is 0 Å². The number of hydrogen-bond donors (Lipinski definition) is 0. The largest absolute Gasteiger partial charge is 0.321 e. The maximum absolute atomic E-state index is 6.25. The number of aromatic nitrogens is 3. The second-order valence-electron chi connectivity index (χ2n) is 4.28. The summed E-state index contributed by atoms with van der Waals surface area (Å²) in [5, 5.41) is 1.91. The Balaban J connectivity index is 2.18. The summed E-state index contributed by atoms with van der Waals surface area (Å²) in [4.78, 5) is 8.96. The van der Waals surface area contributed by atoms with Crippen LogP contribution in [0.1, 0.15) is 23.8 Å². The molecule has 0 radical (unpaired) electrons. The first-order valence-electron chi connectivity index (χ1n) is 5.82. The number of halogens is 2. The van der Waals surface area contributed by atoms with Crippen LogP contribution in [0.2, 0.25) is 0 Å². The SMILES string of the molecule is CC(Cl)c1nc2ccc(Br)cc2n1Cc1cscn1. The summed E-state index contributed by atoms with van der Waals surface area (Å²) in [5.74, 6) is 0.878. The molecule has 2 heterocycles. The van der Waals surface area contributed by atoms with Crippen LogP contribution in [0.3, 0.4) is 0 Å². The summed E-state index contributed by atoms with van der Waals surface area (Å²) in [5.41, 5.74) is 4.90. The molecular weight excluding hydrogens is 346 g/mol. The van der Waals surface area contributed by atoms with Crippen LogP contribution < -0.4 is 0 Å². The number of imidazole rings is 1. The number of thiazole rings is 1. The van der Waals surface area contributed by atoms with Crippen molar-refractivity contribution in [3.05, 3.63) is 45.1 Å². The lowest BCUT2D eigenvalue weighted by Gasteiger charge is -2.09. The molecule has 19 heavy (non-hydrogen) atoms. The molecule has 3 nitrogen and oxygen atoms in total. The van der Waals surface area contributed by atoms with E-state index in [0.29, 0.717) is 6.54 Å². The summed E-state index contributed by atoms with van der Waals surface area (Å²) in [7, 11) is 0. The zero-order chi connectivity index (χ0) is 13.4. The topological polar surface area (TPSA) is 30.7 Å². The van der Waals surface area contributed by atoms with Gasteiger partial charge in [-0.1, -0.05) is 15.9 Å². The highest BCUT2D eigenvalue weighted by Gasteiger charge is 2.15. The molecule has 0 aliphatic carbocycles. The molecule has 3 aromatic rings.